The third-order valence-electron chi connectivity index (χ3n) is 7.41. The predicted octanol–water partition coefficient (Wildman–Crippen LogP) is 8.27. The molecule has 0 bridgehead atoms. The highest BCUT2D eigenvalue weighted by Gasteiger charge is 2.42. The second-order valence-corrected chi connectivity index (χ2v) is 9.51. The quantitative estimate of drug-likeness (QED) is 0.379. The fourth-order valence-corrected chi connectivity index (χ4v) is 5.60. The van der Waals surface area contributed by atoms with E-state index in [-0.39, 0.29) is 5.75 Å². The summed E-state index contributed by atoms with van der Waals surface area (Å²) in [6, 6.07) is 6.36. The van der Waals surface area contributed by atoms with E-state index >= 15 is 0 Å². The summed E-state index contributed by atoms with van der Waals surface area (Å²) in [7, 11) is 0. The number of hydrogen-bond donors (Lipinski definition) is 0. The maximum Gasteiger partial charge on any atom is 0.457 e. The molecule has 1 unspecified atom stereocenters. The van der Waals surface area contributed by atoms with Gasteiger partial charge in [-0.15, -0.1) is 0 Å². The third kappa shape index (κ3) is 6.88. The minimum absolute atomic E-state index is 0.0854. The van der Waals surface area contributed by atoms with Gasteiger partial charge in [-0.25, -0.2) is 0 Å². The topological polar surface area (TPSA) is 9.23 Å². The Hall–Kier alpha value is -1.26. The maximum absolute atomic E-state index is 13.0. The normalized spacial score (nSPS) is 28.8. The molecule has 0 radical (unpaired) electrons. The van der Waals surface area contributed by atoms with Crippen molar-refractivity contribution >= 4 is 0 Å². The van der Waals surface area contributed by atoms with Gasteiger partial charge in [-0.1, -0.05) is 57.6 Å². The Labute approximate surface area is 178 Å². The van der Waals surface area contributed by atoms with E-state index in [9.17, 15) is 17.6 Å². The number of aryl methyl sites for hydroxylation is 1. The van der Waals surface area contributed by atoms with Gasteiger partial charge in [0, 0.05) is 0 Å². The Morgan fingerprint density at radius 2 is 1.33 bits per heavy atom. The van der Waals surface area contributed by atoms with Crippen LogP contribution in [0.5, 0.6) is 5.75 Å². The number of hydrogen-bond acceptors (Lipinski definition) is 1. The summed E-state index contributed by atoms with van der Waals surface area (Å²) >= 11 is 0. The summed E-state index contributed by atoms with van der Waals surface area (Å²) in [6.45, 7) is 2.29. The van der Waals surface area contributed by atoms with Crippen LogP contribution in [-0.2, 0) is 6.42 Å². The number of ether oxygens (including phenoxy) is 1. The first-order valence-electron chi connectivity index (χ1n) is 11.8. The lowest BCUT2D eigenvalue weighted by Crippen LogP contribution is -2.29. The second-order valence-electron chi connectivity index (χ2n) is 9.51. The van der Waals surface area contributed by atoms with Gasteiger partial charge < -0.3 is 4.74 Å². The molecule has 5 heteroatoms. The fraction of sp³-hybridized carbons (Fsp3) is 0.760. The largest absolute Gasteiger partial charge is 0.457 e. The van der Waals surface area contributed by atoms with Crippen LogP contribution in [0.4, 0.5) is 17.6 Å². The summed E-state index contributed by atoms with van der Waals surface area (Å²) in [4.78, 5) is 0. The van der Waals surface area contributed by atoms with E-state index in [1.54, 1.807) is 12.1 Å². The molecular weight excluding hydrogens is 392 g/mol. The number of halogens is 4. The molecule has 0 aromatic heterocycles. The fourth-order valence-electron chi connectivity index (χ4n) is 5.60. The van der Waals surface area contributed by atoms with Gasteiger partial charge >= 0.3 is 12.5 Å². The Kier molecular flexibility index (Phi) is 8.47. The van der Waals surface area contributed by atoms with Crippen LogP contribution in [-0.4, -0.2) is 12.5 Å². The summed E-state index contributed by atoms with van der Waals surface area (Å²) in [5.41, 5.74) is 1.07. The Bertz CT molecular complexity index is 611. The molecule has 1 atom stereocenters. The van der Waals surface area contributed by atoms with Gasteiger partial charge in [0.05, 0.1) is 0 Å². The van der Waals surface area contributed by atoms with E-state index in [1.165, 1.54) is 76.3 Å². The average Bonchev–Trinajstić information content (AvgIpc) is 2.74. The molecule has 0 N–H and O–H groups in total. The molecule has 0 aliphatic heterocycles. The standard InChI is InChI=1S/C25H36F4O/c1-2-3-18-6-12-21(13-7-18)22-14-8-19(9-15-22)4-5-20-10-16-23(17-11-20)30-24(26)25(27,28)29/h10-11,16-19,21-22,24H,2-9,12-15H2,1H3/t18-,19-,21-,22-,24?. The van der Waals surface area contributed by atoms with E-state index in [4.69, 9.17) is 0 Å². The zero-order chi connectivity index (χ0) is 21.6. The van der Waals surface area contributed by atoms with Crippen molar-refractivity contribution in [3.05, 3.63) is 29.8 Å². The number of rotatable bonds is 8. The van der Waals surface area contributed by atoms with Crippen molar-refractivity contribution in [1.82, 2.24) is 0 Å². The van der Waals surface area contributed by atoms with E-state index in [0.29, 0.717) is 0 Å². The Balaban J connectivity index is 1.36. The smallest absolute Gasteiger partial charge is 0.452 e. The highest BCUT2D eigenvalue weighted by molar-refractivity contribution is 5.27. The van der Waals surface area contributed by atoms with E-state index in [0.717, 1.165) is 42.1 Å². The minimum atomic E-state index is -4.99. The zero-order valence-corrected chi connectivity index (χ0v) is 18.1. The van der Waals surface area contributed by atoms with Crippen molar-refractivity contribution in [2.45, 2.75) is 96.5 Å². The molecule has 2 aliphatic carbocycles. The van der Waals surface area contributed by atoms with Crippen LogP contribution in [0.3, 0.4) is 0 Å². The molecule has 0 saturated heterocycles. The van der Waals surface area contributed by atoms with Crippen LogP contribution < -0.4 is 4.74 Å². The molecule has 1 aromatic rings. The summed E-state index contributed by atoms with van der Waals surface area (Å²) in [6.07, 6.45) is 7.54. The van der Waals surface area contributed by atoms with Crippen LogP contribution in [0.2, 0.25) is 0 Å². The van der Waals surface area contributed by atoms with Crippen molar-refractivity contribution in [2.24, 2.45) is 23.7 Å². The first kappa shape index (κ1) is 23.4. The molecule has 0 spiro atoms. The first-order chi connectivity index (χ1) is 14.3. The van der Waals surface area contributed by atoms with Gasteiger partial charge in [-0.3, -0.25) is 0 Å². The molecule has 30 heavy (non-hydrogen) atoms. The van der Waals surface area contributed by atoms with Crippen LogP contribution in [0.1, 0.15) is 83.1 Å². The minimum Gasteiger partial charge on any atom is -0.452 e. The second kappa shape index (κ2) is 10.9. The van der Waals surface area contributed by atoms with Gasteiger partial charge in [0.1, 0.15) is 5.75 Å². The van der Waals surface area contributed by atoms with Crippen molar-refractivity contribution < 1.29 is 22.3 Å². The lowest BCUT2D eigenvalue weighted by molar-refractivity contribution is -0.236. The highest BCUT2D eigenvalue weighted by Crippen LogP contribution is 2.43. The molecule has 170 valence electrons. The van der Waals surface area contributed by atoms with E-state index in [1.807, 2.05) is 0 Å². The van der Waals surface area contributed by atoms with Crippen LogP contribution in [0, 0.1) is 23.7 Å². The lowest BCUT2D eigenvalue weighted by atomic mass is 9.68. The molecule has 1 aromatic carbocycles. The van der Waals surface area contributed by atoms with Crippen molar-refractivity contribution in [2.75, 3.05) is 0 Å². The molecule has 1 nitrogen and oxygen atoms in total. The van der Waals surface area contributed by atoms with Crippen LogP contribution in [0.25, 0.3) is 0 Å². The first-order valence-corrected chi connectivity index (χ1v) is 11.8. The molecule has 2 saturated carbocycles. The molecular formula is C25H36F4O. The monoisotopic (exact) mass is 428 g/mol. The Morgan fingerprint density at radius 1 is 0.833 bits per heavy atom. The van der Waals surface area contributed by atoms with Crippen molar-refractivity contribution in [3.8, 4) is 5.75 Å². The van der Waals surface area contributed by atoms with E-state index in [2.05, 4.69) is 11.7 Å². The van der Waals surface area contributed by atoms with Crippen molar-refractivity contribution in [3.63, 3.8) is 0 Å². The lowest BCUT2D eigenvalue weighted by Gasteiger charge is -2.38. The molecule has 0 amide bonds. The van der Waals surface area contributed by atoms with E-state index < -0.39 is 12.5 Å². The van der Waals surface area contributed by atoms with Gasteiger partial charge in [0.25, 0.3) is 0 Å². The summed E-state index contributed by atoms with van der Waals surface area (Å²) in [5, 5.41) is 0. The molecule has 3 rings (SSSR count). The van der Waals surface area contributed by atoms with Gasteiger partial charge in [0.2, 0.25) is 0 Å². The van der Waals surface area contributed by atoms with Crippen LogP contribution in [0.15, 0.2) is 24.3 Å². The maximum atomic E-state index is 13.0. The molecule has 2 fully saturated rings. The SMILES string of the molecule is CCC[C@H]1CC[C@H]([C@H]2CC[C@H](CCc3ccc(OC(F)C(F)(F)F)cc3)CC2)CC1. The zero-order valence-electron chi connectivity index (χ0n) is 18.1. The van der Waals surface area contributed by atoms with Crippen molar-refractivity contribution in [1.29, 1.82) is 0 Å². The third-order valence-corrected chi connectivity index (χ3v) is 7.41. The predicted molar refractivity (Wildman–Crippen MR) is 112 cm³/mol. The van der Waals surface area contributed by atoms with Gasteiger partial charge in [-0.2, -0.15) is 17.6 Å². The highest BCUT2D eigenvalue weighted by atomic mass is 19.4. The molecule has 2 aliphatic rings. The van der Waals surface area contributed by atoms with Gasteiger partial charge in [0.15, 0.2) is 0 Å². The Morgan fingerprint density at radius 3 is 1.80 bits per heavy atom. The number of alkyl halides is 4. The summed E-state index contributed by atoms with van der Waals surface area (Å²) < 4.78 is 54.0. The average molecular weight is 429 g/mol. The van der Waals surface area contributed by atoms with Crippen LogP contribution >= 0.6 is 0 Å². The number of benzene rings is 1. The van der Waals surface area contributed by atoms with Gasteiger partial charge in [-0.05, 0) is 79.9 Å². The summed E-state index contributed by atoms with van der Waals surface area (Å²) in [5.74, 6) is 3.50. The molecule has 0 heterocycles.